The van der Waals surface area contributed by atoms with Gasteiger partial charge in [0.25, 0.3) is 0 Å². The van der Waals surface area contributed by atoms with Crippen LogP contribution in [0, 0.1) is 0 Å². The van der Waals surface area contributed by atoms with Crippen LogP contribution in [0.25, 0.3) is 0 Å². The van der Waals surface area contributed by atoms with Crippen LogP contribution in [0.1, 0.15) is 55.5 Å². The van der Waals surface area contributed by atoms with E-state index in [0.717, 1.165) is 16.7 Å². The highest BCUT2D eigenvalue weighted by Gasteiger charge is 2.37. The van der Waals surface area contributed by atoms with Crippen molar-refractivity contribution in [3.8, 4) is 0 Å². The monoisotopic (exact) mass is 542 g/mol. The molecule has 0 N–H and O–H groups in total. The van der Waals surface area contributed by atoms with Crippen molar-refractivity contribution in [2.75, 3.05) is 13.2 Å². The van der Waals surface area contributed by atoms with Gasteiger partial charge in [-0.05, 0) is 72.9 Å². The van der Waals surface area contributed by atoms with E-state index in [4.69, 9.17) is 32.7 Å². The predicted molar refractivity (Wildman–Crippen MR) is 146 cm³/mol. The van der Waals surface area contributed by atoms with Gasteiger partial charge >= 0.3 is 5.97 Å². The van der Waals surface area contributed by atoms with Gasteiger partial charge in [-0.15, -0.1) is 0 Å². The minimum absolute atomic E-state index is 0.223. The number of amides is 1. The summed E-state index contributed by atoms with van der Waals surface area (Å²) in [7, 11) is 0. The molecule has 2 aromatic carbocycles. The summed E-state index contributed by atoms with van der Waals surface area (Å²) in [4.78, 5) is 31.3. The number of benzene rings is 2. The number of ether oxygens (including phenoxy) is 2. The Morgan fingerprint density at radius 3 is 2.08 bits per heavy atom. The maximum Gasteiger partial charge on any atom is 0.328 e. The van der Waals surface area contributed by atoms with E-state index in [1.807, 2.05) is 43.3 Å². The highest BCUT2D eigenvalue weighted by molar-refractivity contribution is 6.30. The number of rotatable bonds is 14. The van der Waals surface area contributed by atoms with Crippen LogP contribution >= 0.6 is 23.2 Å². The highest BCUT2D eigenvalue weighted by Crippen LogP contribution is 2.39. The molecule has 0 aliphatic heterocycles. The molecule has 6 nitrogen and oxygen atoms in total. The first-order chi connectivity index (χ1) is 18.0. The smallest absolute Gasteiger partial charge is 0.328 e. The first kappa shape index (κ1) is 28.6. The molecule has 0 radical (unpaired) electrons. The van der Waals surface area contributed by atoms with Gasteiger partial charge in [-0.25, -0.2) is 4.79 Å². The molecule has 3 aromatic rings. The van der Waals surface area contributed by atoms with Gasteiger partial charge in [0.1, 0.15) is 12.1 Å². The van der Waals surface area contributed by atoms with Crippen molar-refractivity contribution < 1.29 is 19.1 Å². The zero-order valence-electron chi connectivity index (χ0n) is 21.1. The molecule has 1 amide bonds. The molecule has 3 atom stereocenters. The van der Waals surface area contributed by atoms with Crippen molar-refractivity contribution in [1.82, 2.24) is 9.88 Å². The van der Waals surface area contributed by atoms with Crippen LogP contribution in [0.15, 0.2) is 73.1 Å². The first-order valence-electron chi connectivity index (χ1n) is 12.4. The summed E-state index contributed by atoms with van der Waals surface area (Å²) < 4.78 is 11.9. The quantitative estimate of drug-likeness (QED) is 0.169. The zero-order chi connectivity index (χ0) is 26.6. The van der Waals surface area contributed by atoms with Gasteiger partial charge in [0.15, 0.2) is 0 Å². The molecule has 3 unspecified atom stereocenters. The molecular formula is C29H32Cl2N2O4. The van der Waals surface area contributed by atoms with E-state index in [2.05, 4.69) is 4.98 Å². The van der Waals surface area contributed by atoms with Gasteiger partial charge < -0.3 is 14.4 Å². The van der Waals surface area contributed by atoms with Crippen LogP contribution in [-0.4, -0.2) is 41.5 Å². The summed E-state index contributed by atoms with van der Waals surface area (Å²) in [5, 5.41) is 1.15. The van der Waals surface area contributed by atoms with Crippen LogP contribution in [0.2, 0.25) is 10.0 Å². The second kappa shape index (κ2) is 14.7. The Balaban J connectivity index is 2.07. The fourth-order valence-electron chi connectivity index (χ4n) is 4.27. The van der Waals surface area contributed by atoms with Crippen molar-refractivity contribution in [1.29, 1.82) is 0 Å². The topological polar surface area (TPSA) is 68.7 Å². The third-order valence-electron chi connectivity index (χ3n) is 6.06. The van der Waals surface area contributed by atoms with Crippen molar-refractivity contribution in [3.63, 3.8) is 0 Å². The lowest BCUT2D eigenvalue weighted by Gasteiger charge is -2.39. The average Bonchev–Trinajstić information content (AvgIpc) is 2.91. The van der Waals surface area contributed by atoms with Gasteiger partial charge in [-0.1, -0.05) is 60.8 Å². The van der Waals surface area contributed by atoms with Crippen molar-refractivity contribution in [2.24, 2.45) is 0 Å². The largest absolute Gasteiger partial charge is 0.464 e. The molecule has 0 aliphatic rings. The Morgan fingerprint density at radius 2 is 1.54 bits per heavy atom. The molecule has 1 heterocycles. The molecule has 37 heavy (non-hydrogen) atoms. The van der Waals surface area contributed by atoms with Crippen LogP contribution in [0.3, 0.4) is 0 Å². The molecule has 196 valence electrons. The standard InChI is InChI=1S/C29H32Cl2N2O4/c1-3-5-26(29(35)36-4-2)33(20-34)27(22-6-10-24(30)11-7-22)28(23-8-12-25(31)13-9-23)37-19-16-21-14-17-32-18-15-21/h6-15,17-18,20,26-28H,3-5,16,19H2,1-2H3. The van der Waals surface area contributed by atoms with E-state index in [1.165, 1.54) is 4.90 Å². The summed E-state index contributed by atoms with van der Waals surface area (Å²) in [5.74, 6) is -0.443. The molecule has 3 rings (SSSR count). The average molecular weight is 543 g/mol. The molecule has 0 saturated heterocycles. The van der Waals surface area contributed by atoms with E-state index < -0.39 is 24.2 Å². The summed E-state index contributed by atoms with van der Waals surface area (Å²) in [6.07, 6.45) is 5.39. The van der Waals surface area contributed by atoms with Crippen LogP contribution in [0.5, 0.6) is 0 Å². The summed E-state index contributed by atoms with van der Waals surface area (Å²) in [5.41, 5.74) is 2.69. The van der Waals surface area contributed by atoms with Crippen LogP contribution in [-0.2, 0) is 25.5 Å². The van der Waals surface area contributed by atoms with Crippen molar-refractivity contribution >= 4 is 35.6 Å². The molecule has 0 fully saturated rings. The van der Waals surface area contributed by atoms with E-state index in [-0.39, 0.29) is 6.61 Å². The van der Waals surface area contributed by atoms with Gasteiger partial charge in [-0.2, -0.15) is 0 Å². The lowest BCUT2D eigenvalue weighted by molar-refractivity contribution is -0.156. The molecule has 0 bridgehead atoms. The highest BCUT2D eigenvalue weighted by atomic mass is 35.5. The Morgan fingerprint density at radius 1 is 0.946 bits per heavy atom. The first-order valence-corrected chi connectivity index (χ1v) is 13.1. The number of esters is 1. The lowest BCUT2D eigenvalue weighted by atomic mass is 9.92. The number of carbonyl (C=O) groups is 2. The van der Waals surface area contributed by atoms with Gasteiger partial charge in [0, 0.05) is 22.4 Å². The third-order valence-corrected chi connectivity index (χ3v) is 6.56. The van der Waals surface area contributed by atoms with E-state index in [9.17, 15) is 9.59 Å². The molecule has 0 aliphatic carbocycles. The Bertz CT molecular complexity index is 1110. The SMILES string of the molecule is CCCC(C(=O)OCC)N(C=O)C(c1ccc(Cl)cc1)C(OCCc1ccncc1)c1ccc(Cl)cc1. The predicted octanol–water partition coefficient (Wildman–Crippen LogP) is 6.62. The van der Waals surface area contributed by atoms with Gasteiger partial charge in [0.05, 0.1) is 19.3 Å². The summed E-state index contributed by atoms with van der Waals surface area (Å²) in [6, 6.07) is 17.0. The normalized spacial score (nSPS) is 13.4. The van der Waals surface area contributed by atoms with E-state index in [0.29, 0.717) is 42.3 Å². The van der Waals surface area contributed by atoms with Gasteiger partial charge in [-0.3, -0.25) is 9.78 Å². The Labute approximate surface area is 228 Å². The van der Waals surface area contributed by atoms with Gasteiger partial charge in [0.2, 0.25) is 6.41 Å². The van der Waals surface area contributed by atoms with E-state index in [1.54, 1.807) is 43.6 Å². The van der Waals surface area contributed by atoms with Crippen LogP contribution in [0.4, 0.5) is 0 Å². The Hall–Kier alpha value is -2.93. The van der Waals surface area contributed by atoms with Crippen molar-refractivity contribution in [2.45, 2.75) is 51.3 Å². The number of hydrogen-bond donors (Lipinski definition) is 0. The lowest BCUT2D eigenvalue weighted by Crippen LogP contribution is -2.45. The number of nitrogens with zero attached hydrogens (tertiary/aromatic N) is 2. The minimum atomic E-state index is -0.776. The molecule has 0 saturated carbocycles. The fraction of sp³-hybridized carbons (Fsp3) is 0.345. The molecular weight excluding hydrogens is 511 g/mol. The summed E-state index contributed by atoms with van der Waals surface area (Å²) in [6.45, 7) is 4.32. The van der Waals surface area contributed by atoms with Crippen LogP contribution < -0.4 is 0 Å². The number of halogens is 2. The number of aromatic nitrogens is 1. The molecule has 8 heteroatoms. The Kier molecular flexibility index (Phi) is 11.4. The maximum absolute atomic E-state index is 13.0. The molecule has 1 aromatic heterocycles. The zero-order valence-corrected chi connectivity index (χ0v) is 22.6. The number of hydrogen-bond acceptors (Lipinski definition) is 5. The maximum atomic E-state index is 13.0. The number of pyridine rings is 1. The minimum Gasteiger partial charge on any atom is -0.464 e. The summed E-state index contributed by atoms with van der Waals surface area (Å²) >= 11 is 12.4. The molecule has 0 spiro atoms. The fourth-order valence-corrected chi connectivity index (χ4v) is 4.52. The van der Waals surface area contributed by atoms with Crippen molar-refractivity contribution in [3.05, 3.63) is 99.8 Å². The second-order valence-electron chi connectivity index (χ2n) is 8.55. The third kappa shape index (κ3) is 8.03. The second-order valence-corrected chi connectivity index (χ2v) is 9.43. The van der Waals surface area contributed by atoms with E-state index >= 15 is 0 Å². The number of carbonyl (C=O) groups excluding carboxylic acids is 2.